The normalized spacial score (nSPS) is 21.9. The first-order chi connectivity index (χ1) is 13.4. The number of nitrogens with zero attached hydrogens (tertiary/aromatic N) is 3. The van der Waals surface area contributed by atoms with Gasteiger partial charge in [0.2, 0.25) is 0 Å². The number of carbonyl (C=O) groups is 1. The number of likely N-dealkylation sites (tertiary alicyclic amines) is 1. The highest BCUT2D eigenvalue weighted by atomic mass is 19.4. The van der Waals surface area contributed by atoms with Crippen molar-refractivity contribution in [2.45, 2.75) is 37.5 Å². The second kappa shape index (κ2) is 7.03. The number of anilines is 1. The molecule has 2 aliphatic rings. The van der Waals surface area contributed by atoms with E-state index in [0.29, 0.717) is 24.4 Å². The molecule has 0 spiro atoms. The van der Waals surface area contributed by atoms with Crippen LogP contribution in [0.1, 0.15) is 47.3 Å². The van der Waals surface area contributed by atoms with Gasteiger partial charge in [-0.3, -0.25) is 4.79 Å². The molecule has 150 valence electrons. The molecular weight excluding hydrogens is 373 g/mol. The van der Waals surface area contributed by atoms with E-state index in [-0.39, 0.29) is 23.7 Å². The topological polar surface area (TPSA) is 59.4 Å². The summed E-state index contributed by atoms with van der Waals surface area (Å²) in [5.41, 5.74) is 0.851. The van der Waals surface area contributed by atoms with Crippen LogP contribution >= 0.6 is 0 Å². The molecule has 2 aliphatic heterocycles. The molecule has 1 amide bonds. The van der Waals surface area contributed by atoms with Crippen molar-refractivity contribution in [1.29, 1.82) is 0 Å². The summed E-state index contributed by atoms with van der Waals surface area (Å²) >= 11 is 0. The number of aromatic nitrogens is 2. The number of amides is 1. The Morgan fingerprint density at radius 1 is 1.29 bits per heavy atom. The third-order valence-electron chi connectivity index (χ3n) is 5.36. The molecule has 1 saturated heterocycles. The maximum absolute atomic E-state index is 13.8. The smallest absolute Gasteiger partial charge is 0.410 e. The summed E-state index contributed by atoms with van der Waals surface area (Å²) in [5, 5.41) is 7.04. The number of hydrogen-bond donors (Lipinski definition) is 1. The Kier molecular flexibility index (Phi) is 4.68. The Labute approximate surface area is 160 Å². The van der Waals surface area contributed by atoms with Crippen molar-refractivity contribution in [1.82, 2.24) is 14.7 Å². The number of hydrogen-bond acceptors (Lipinski definition) is 4. The maximum Gasteiger partial charge on any atom is 0.410 e. The summed E-state index contributed by atoms with van der Waals surface area (Å²) in [6.07, 6.45) is -1.65. The van der Waals surface area contributed by atoms with Crippen LogP contribution in [0, 0.1) is 0 Å². The molecule has 2 atom stereocenters. The SMILES string of the molecule is COc1cccc([C@@H]2C[C@H](C(F)(F)F)n3ncc(C(=O)N4CCCC4)c3N2)c1. The number of halogens is 3. The Morgan fingerprint density at radius 3 is 2.71 bits per heavy atom. The quantitative estimate of drug-likeness (QED) is 0.861. The van der Waals surface area contributed by atoms with Crippen LogP contribution in [0.2, 0.25) is 0 Å². The average molecular weight is 394 g/mol. The molecule has 1 N–H and O–H groups in total. The van der Waals surface area contributed by atoms with E-state index in [1.54, 1.807) is 29.2 Å². The Balaban J connectivity index is 1.73. The van der Waals surface area contributed by atoms with Crippen LogP contribution in [-0.2, 0) is 0 Å². The maximum atomic E-state index is 13.8. The van der Waals surface area contributed by atoms with E-state index in [1.807, 2.05) is 0 Å². The minimum absolute atomic E-state index is 0.123. The monoisotopic (exact) mass is 394 g/mol. The molecule has 3 heterocycles. The van der Waals surface area contributed by atoms with Crippen molar-refractivity contribution < 1.29 is 22.7 Å². The van der Waals surface area contributed by atoms with Crippen LogP contribution in [0.3, 0.4) is 0 Å². The number of alkyl halides is 3. The van der Waals surface area contributed by atoms with Gasteiger partial charge in [-0.05, 0) is 30.5 Å². The second-order valence-corrected chi connectivity index (χ2v) is 7.12. The fourth-order valence-corrected chi connectivity index (χ4v) is 3.89. The summed E-state index contributed by atoms with van der Waals surface area (Å²) in [6.45, 7) is 1.23. The lowest BCUT2D eigenvalue weighted by atomic mass is 9.96. The van der Waals surface area contributed by atoms with Gasteiger partial charge < -0.3 is 15.0 Å². The lowest BCUT2D eigenvalue weighted by Crippen LogP contribution is -2.36. The van der Waals surface area contributed by atoms with Crippen molar-refractivity contribution in [3.8, 4) is 5.75 Å². The molecular formula is C19H21F3N4O2. The van der Waals surface area contributed by atoms with E-state index >= 15 is 0 Å². The molecule has 28 heavy (non-hydrogen) atoms. The first kappa shape index (κ1) is 18.6. The zero-order valence-corrected chi connectivity index (χ0v) is 15.4. The number of ether oxygens (including phenoxy) is 1. The lowest BCUT2D eigenvalue weighted by molar-refractivity contribution is -0.173. The fraction of sp³-hybridized carbons (Fsp3) is 0.474. The van der Waals surface area contributed by atoms with Gasteiger partial charge in [0, 0.05) is 19.5 Å². The highest BCUT2D eigenvalue weighted by Gasteiger charge is 2.47. The third kappa shape index (κ3) is 3.29. The van der Waals surface area contributed by atoms with Crippen molar-refractivity contribution in [3.63, 3.8) is 0 Å². The first-order valence-electron chi connectivity index (χ1n) is 9.22. The largest absolute Gasteiger partial charge is 0.497 e. The number of fused-ring (bicyclic) bond motifs is 1. The van der Waals surface area contributed by atoms with Gasteiger partial charge in [-0.2, -0.15) is 18.3 Å². The molecule has 0 saturated carbocycles. The molecule has 1 fully saturated rings. The second-order valence-electron chi connectivity index (χ2n) is 7.12. The molecule has 6 nitrogen and oxygen atoms in total. The van der Waals surface area contributed by atoms with Gasteiger partial charge in [-0.25, -0.2) is 4.68 Å². The van der Waals surface area contributed by atoms with E-state index < -0.39 is 18.3 Å². The van der Waals surface area contributed by atoms with Gasteiger partial charge in [0.1, 0.15) is 17.1 Å². The van der Waals surface area contributed by atoms with Crippen molar-refractivity contribution in [2.75, 3.05) is 25.5 Å². The highest BCUT2D eigenvalue weighted by molar-refractivity contribution is 5.99. The minimum Gasteiger partial charge on any atom is -0.497 e. The Bertz CT molecular complexity index is 874. The molecule has 1 aromatic heterocycles. The molecule has 4 rings (SSSR count). The van der Waals surface area contributed by atoms with Gasteiger partial charge in [0.25, 0.3) is 5.91 Å². The summed E-state index contributed by atoms with van der Waals surface area (Å²) in [7, 11) is 1.51. The summed E-state index contributed by atoms with van der Waals surface area (Å²) in [5.74, 6) is 0.409. The van der Waals surface area contributed by atoms with Crippen LogP contribution in [0.5, 0.6) is 5.75 Å². The van der Waals surface area contributed by atoms with Gasteiger partial charge >= 0.3 is 6.18 Å². The molecule has 0 bridgehead atoms. The van der Waals surface area contributed by atoms with Crippen molar-refractivity contribution in [3.05, 3.63) is 41.6 Å². The zero-order valence-electron chi connectivity index (χ0n) is 15.4. The van der Waals surface area contributed by atoms with Crippen molar-refractivity contribution >= 4 is 11.7 Å². The number of rotatable bonds is 3. The minimum atomic E-state index is -4.48. The number of nitrogens with one attached hydrogen (secondary N) is 1. The highest BCUT2D eigenvalue weighted by Crippen LogP contribution is 2.44. The standard InChI is InChI=1S/C19H21F3N4O2/c1-28-13-6-4-5-12(9-13)15-10-16(19(20,21)22)26-17(24-15)14(11-23-26)18(27)25-7-2-3-8-25/h4-6,9,11,15-16,24H,2-3,7-8,10H2,1H3/t15-,16+/m0/s1. The number of carbonyl (C=O) groups excluding carboxylic acids is 1. The molecule has 0 unspecified atom stereocenters. The van der Waals surface area contributed by atoms with Crippen LogP contribution in [-0.4, -0.2) is 47.0 Å². The fourth-order valence-electron chi connectivity index (χ4n) is 3.89. The van der Waals surface area contributed by atoms with Gasteiger partial charge in [-0.1, -0.05) is 12.1 Å². The van der Waals surface area contributed by atoms with Crippen LogP contribution in [0.25, 0.3) is 0 Å². The Morgan fingerprint density at radius 2 is 2.04 bits per heavy atom. The third-order valence-corrected chi connectivity index (χ3v) is 5.36. The summed E-state index contributed by atoms with van der Waals surface area (Å²) in [4.78, 5) is 14.5. The van der Waals surface area contributed by atoms with E-state index in [9.17, 15) is 18.0 Å². The van der Waals surface area contributed by atoms with Crippen LogP contribution < -0.4 is 10.1 Å². The average Bonchev–Trinajstić information content (AvgIpc) is 3.36. The zero-order chi connectivity index (χ0) is 19.9. The predicted octanol–water partition coefficient (Wildman–Crippen LogP) is 3.79. The Hall–Kier alpha value is -2.71. The summed E-state index contributed by atoms with van der Waals surface area (Å²) in [6, 6.07) is 4.51. The van der Waals surface area contributed by atoms with Crippen LogP contribution in [0.4, 0.5) is 19.0 Å². The molecule has 2 aromatic rings. The van der Waals surface area contributed by atoms with E-state index in [4.69, 9.17) is 4.74 Å². The van der Waals surface area contributed by atoms with Gasteiger partial charge in [-0.15, -0.1) is 0 Å². The number of methoxy groups -OCH3 is 1. The summed E-state index contributed by atoms with van der Waals surface area (Å²) < 4.78 is 47.4. The predicted molar refractivity (Wildman–Crippen MR) is 96.4 cm³/mol. The van der Waals surface area contributed by atoms with Crippen LogP contribution in [0.15, 0.2) is 30.5 Å². The molecule has 9 heteroatoms. The molecule has 0 aliphatic carbocycles. The van der Waals surface area contributed by atoms with E-state index in [1.165, 1.54) is 13.3 Å². The molecule has 1 aromatic carbocycles. The van der Waals surface area contributed by atoms with Crippen molar-refractivity contribution in [2.24, 2.45) is 0 Å². The lowest BCUT2D eigenvalue weighted by Gasteiger charge is -2.34. The van der Waals surface area contributed by atoms with Gasteiger partial charge in [0.15, 0.2) is 6.04 Å². The van der Waals surface area contributed by atoms with E-state index in [2.05, 4.69) is 10.4 Å². The molecule has 0 radical (unpaired) electrons. The first-order valence-corrected chi connectivity index (χ1v) is 9.22. The number of benzene rings is 1. The van der Waals surface area contributed by atoms with Gasteiger partial charge in [0.05, 0.1) is 19.3 Å². The van der Waals surface area contributed by atoms with E-state index in [0.717, 1.165) is 17.5 Å².